The smallest absolute Gasteiger partial charge is 0.441 e. The Kier molecular flexibility index (Phi) is 7.07. The molecule has 0 spiro atoms. The van der Waals surface area contributed by atoms with Crippen LogP contribution in [0.5, 0.6) is 5.75 Å². The van der Waals surface area contributed by atoms with E-state index in [0.29, 0.717) is 6.54 Å². The molecule has 0 unspecified atom stereocenters. The van der Waals surface area contributed by atoms with E-state index in [1.54, 1.807) is 13.8 Å². The summed E-state index contributed by atoms with van der Waals surface area (Å²) in [6.45, 7) is 7.83. The zero-order chi connectivity index (χ0) is 21.8. The van der Waals surface area contributed by atoms with Gasteiger partial charge in [-0.15, -0.1) is 0 Å². The van der Waals surface area contributed by atoms with Crippen LogP contribution in [-0.2, 0) is 19.2 Å². The number of benzene rings is 1. The first-order valence-electron chi connectivity index (χ1n) is 9.41. The zero-order valence-corrected chi connectivity index (χ0v) is 17.9. The topological polar surface area (TPSA) is 88.6 Å². The first kappa shape index (κ1) is 22.5. The van der Waals surface area contributed by atoms with Gasteiger partial charge in [0.25, 0.3) is 0 Å². The molecule has 0 aromatic heterocycles. The number of hydroxylamine groups is 2. The maximum atomic E-state index is 13.1. The Morgan fingerprint density at radius 1 is 1.03 bits per heavy atom. The molecule has 2 amide bonds. The summed E-state index contributed by atoms with van der Waals surface area (Å²) in [5.74, 6) is -1.63. The summed E-state index contributed by atoms with van der Waals surface area (Å²) < 4.78 is 11.1. The lowest BCUT2D eigenvalue weighted by Gasteiger charge is -2.41. The lowest BCUT2D eigenvalue weighted by atomic mass is 10.1. The second-order valence-electron chi connectivity index (χ2n) is 7.62. The molecule has 9 heteroatoms. The van der Waals surface area contributed by atoms with E-state index >= 15 is 0 Å². The fraction of sp³-hybridized carbons (Fsp3) is 0.550. The molecule has 1 aromatic carbocycles. The number of nitrogens with zero attached hydrogens (tertiary/aromatic N) is 3. The van der Waals surface area contributed by atoms with Crippen LogP contribution < -0.4 is 4.74 Å². The number of rotatable bonds is 7. The fourth-order valence-electron chi connectivity index (χ4n) is 2.93. The highest BCUT2D eigenvalue weighted by molar-refractivity contribution is 6.30. The molecule has 29 heavy (non-hydrogen) atoms. The van der Waals surface area contributed by atoms with E-state index < -0.39 is 23.7 Å². The van der Waals surface area contributed by atoms with Crippen LogP contribution in [-0.4, -0.2) is 78.9 Å². The third-order valence-corrected chi connectivity index (χ3v) is 4.52. The summed E-state index contributed by atoms with van der Waals surface area (Å²) in [5, 5.41) is 0.892. The molecule has 1 aliphatic rings. The Labute approximate surface area is 171 Å². The molecule has 0 atom stereocenters. The van der Waals surface area contributed by atoms with Crippen molar-refractivity contribution in [1.82, 2.24) is 14.9 Å². The van der Waals surface area contributed by atoms with Gasteiger partial charge in [0.15, 0.2) is 5.72 Å². The van der Waals surface area contributed by atoms with Gasteiger partial charge in [-0.05, 0) is 52.9 Å². The van der Waals surface area contributed by atoms with Crippen LogP contribution in [0.3, 0.4) is 0 Å². The van der Waals surface area contributed by atoms with Gasteiger partial charge < -0.3 is 19.2 Å². The lowest BCUT2D eigenvalue weighted by molar-refractivity contribution is -0.216. The average Bonchev–Trinajstić information content (AvgIpc) is 2.62. The molecule has 2 rings (SSSR count). The molecule has 1 heterocycles. The highest BCUT2D eigenvalue weighted by Gasteiger charge is 2.43. The Morgan fingerprint density at radius 3 is 2.24 bits per heavy atom. The lowest BCUT2D eigenvalue weighted by Crippen LogP contribution is -2.60. The molecule has 1 aliphatic heterocycles. The second kappa shape index (κ2) is 9.13. The van der Waals surface area contributed by atoms with Gasteiger partial charge in [-0.3, -0.25) is 4.90 Å². The number of urea groups is 1. The molecule has 0 radical (unpaired) electrons. The van der Waals surface area contributed by atoms with E-state index in [9.17, 15) is 14.4 Å². The van der Waals surface area contributed by atoms with E-state index in [2.05, 4.69) is 0 Å². The summed E-state index contributed by atoms with van der Waals surface area (Å²) in [5.41, 5.74) is 0.612. The van der Waals surface area contributed by atoms with Crippen molar-refractivity contribution in [2.24, 2.45) is 0 Å². The number of hydrogen-bond donors (Lipinski definition) is 0. The predicted octanol–water partition coefficient (Wildman–Crippen LogP) is 1.72. The molecule has 0 saturated carbocycles. The highest BCUT2D eigenvalue weighted by Crippen LogP contribution is 2.24. The predicted molar refractivity (Wildman–Crippen MR) is 105 cm³/mol. The molecule has 1 fully saturated rings. The number of amides is 2. The van der Waals surface area contributed by atoms with Crippen molar-refractivity contribution in [3.63, 3.8) is 0 Å². The molecular formula is C20H29N3O6. The fourth-order valence-corrected chi connectivity index (χ4v) is 2.93. The number of carbonyl (C=O) groups is 3. The van der Waals surface area contributed by atoms with Gasteiger partial charge in [-0.1, -0.05) is 18.2 Å². The third-order valence-electron chi connectivity index (χ3n) is 4.52. The van der Waals surface area contributed by atoms with E-state index in [4.69, 9.17) is 14.3 Å². The van der Waals surface area contributed by atoms with Crippen molar-refractivity contribution in [3.8, 4) is 5.75 Å². The van der Waals surface area contributed by atoms with Crippen LogP contribution in [0, 0.1) is 13.8 Å². The highest BCUT2D eigenvalue weighted by atomic mass is 16.7. The van der Waals surface area contributed by atoms with Gasteiger partial charge in [0, 0.05) is 6.54 Å². The maximum Gasteiger partial charge on any atom is 0.441 e. The minimum atomic E-state index is -1.35. The van der Waals surface area contributed by atoms with Crippen molar-refractivity contribution in [2.45, 2.75) is 33.4 Å². The minimum Gasteiger partial charge on any atom is -0.491 e. The van der Waals surface area contributed by atoms with Gasteiger partial charge in [0.2, 0.25) is 0 Å². The van der Waals surface area contributed by atoms with Crippen LogP contribution in [0.4, 0.5) is 4.79 Å². The Balaban J connectivity index is 2.19. The van der Waals surface area contributed by atoms with Gasteiger partial charge in [-0.25, -0.2) is 14.4 Å². The standard InChI is InChI=1S/C20H29N3O6/c1-14-8-7-9-15(2)16(14)27-13-12-22-19(26)23(11-10-21(5)6)29-18(25)17(24)28-20(22,3)4/h7-9H,10-13H2,1-6H3. The molecule has 1 aromatic rings. The van der Waals surface area contributed by atoms with Gasteiger partial charge in [0.1, 0.15) is 12.4 Å². The van der Waals surface area contributed by atoms with Crippen LogP contribution in [0.1, 0.15) is 25.0 Å². The number of aryl methyl sites for hydroxylation is 2. The van der Waals surface area contributed by atoms with Gasteiger partial charge in [0.05, 0.1) is 13.1 Å². The van der Waals surface area contributed by atoms with Gasteiger partial charge >= 0.3 is 18.0 Å². The summed E-state index contributed by atoms with van der Waals surface area (Å²) >= 11 is 0. The molecule has 0 bridgehead atoms. The van der Waals surface area contributed by atoms with Crippen molar-refractivity contribution in [1.29, 1.82) is 0 Å². The zero-order valence-electron chi connectivity index (χ0n) is 17.9. The number of esters is 1. The molecule has 0 N–H and O–H groups in total. The van der Waals surface area contributed by atoms with Crippen molar-refractivity contribution < 1.29 is 28.7 Å². The Bertz CT molecular complexity index is 757. The van der Waals surface area contributed by atoms with Crippen LogP contribution in [0.2, 0.25) is 0 Å². The molecule has 9 nitrogen and oxygen atoms in total. The number of carbonyl (C=O) groups excluding carboxylic acids is 3. The second-order valence-corrected chi connectivity index (χ2v) is 7.62. The van der Waals surface area contributed by atoms with E-state index in [-0.39, 0.29) is 19.7 Å². The first-order valence-corrected chi connectivity index (χ1v) is 9.41. The number of cyclic esters (lactones) is 1. The van der Waals surface area contributed by atoms with Crippen LogP contribution in [0.25, 0.3) is 0 Å². The number of hydrogen-bond acceptors (Lipinski definition) is 7. The normalized spacial score (nSPS) is 17.0. The third kappa shape index (κ3) is 5.60. The molecule has 1 saturated heterocycles. The number of para-hydroxylation sites is 1. The van der Waals surface area contributed by atoms with Crippen molar-refractivity contribution in [3.05, 3.63) is 29.3 Å². The first-order chi connectivity index (χ1) is 13.5. The summed E-state index contributed by atoms with van der Waals surface area (Å²) in [4.78, 5) is 45.1. The molecule has 0 aliphatic carbocycles. The van der Waals surface area contributed by atoms with Crippen molar-refractivity contribution in [2.75, 3.05) is 40.3 Å². The molecular weight excluding hydrogens is 378 g/mol. The number of ether oxygens (including phenoxy) is 2. The van der Waals surface area contributed by atoms with Gasteiger partial charge in [-0.2, -0.15) is 5.06 Å². The van der Waals surface area contributed by atoms with E-state index in [0.717, 1.165) is 21.9 Å². The monoisotopic (exact) mass is 407 g/mol. The summed E-state index contributed by atoms with van der Waals surface area (Å²) in [6.07, 6.45) is 0. The summed E-state index contributed by atoms with van der Waals surface area (Å²) in [7, 11) is 3.65. The number of likely N-dealkylation sites (N-methyl/N-ethyl adjacent to an activating group) is 1. The maximum absolute atomic E-state index is 13.1. The van der Waals surface area contributed by atoms with Crippen LogP contribution >= 0.6 is 0 Å². The van der Waals surface area contributed by atoms with Crippen molar-refractivity contribution >= 4 is 18.0 Å². The minimum absolute atomic E-state index is 0.106. The van der Waals surface area contributed by atoms with E-state index in [1.807, 2.05) is 51.0 Å². The summed E-state index contributed by atoms with van der Waals surface area (Å²) in [6, 6.07) is 5.25. The SMILES string of the molecule is Cc1cccc(C)c1OCCN1C(=O)N(CCN(C)C)OC(=O)C(=O)OC1(C)C. The Hall–Kier alpha value is -2.81. The molecule has 160 valence electrons. The van der Waals surface area contributed by atoms with E-state index in [1.165, 1.54) is 4.90 Å². The Morgan fingerprint density at radius 2 is 1.66 bits per heavy atom. The quantitative estimate of drug-likeness (QED) is 0.502. The largest absolute Gasteiger partial charge is 0.491 e. The average molecular weight is 407 g/mol. The van der Waals surface area contributed by atoms with Crippen LogP contribution in [0.15, 0.2) is 18.2 Å².